The molecule has 4 heteroatoms. The van der Waals surface area contributed by atoms with Crippen molar-refractivity contribution < 1.29 is 8.42 Å². The molecule has 0 aromatic rings. The molecular formula is C14H27NO2S. The Kier molecular flexibility index (Phi) is 5.07. The van der Waals surface area contributed by atoms with Crippen molar-refractivity contribution in [3.63, 3.8) is 0 Å². The van der Waals surface area contributed by atoms with Gasteiger partial charge in [0.1, 0.15) is 0 Å². The summed E-state index contributed by atoms with van der Waals surface area (Å²) in [6, 6.07) is 0.733. The minimum atomic E-state index is -2.72. The van der Waals surface area contributed by atoms with Crippen LogP contribution in [0, 0.1) is 11.8 Å². The average molecular weight is 273 g/mol. The molecule has 1 saturated carbocycles. The normalized spacial score (nSPS) is 28.4. The van der Waals surface area contributed by atoms with Gasteiger partial charge >= 0.3 is 0 Å². The Labute approximate surface area is 112 Å². The summed E-state index contributed by atoms with van der Waals surface area (Å²) in [5, 5.41) is 3.59. The molecule has 0 radical (unpaired) electrons. The van der Waals surface area contributed by atoms with Crippen molar-refractivity contribution in [3.8, 4) is 0 Å². The Morgan fingerprint density at radius 3 is 2.56 bits per heavy atom. The molecule has 0 aromatic carbocycles. The lowest BCUT2D eigenvalue weighted by Gasteiger charge is -2.23. The molecule has 0 spiro atoms. The molecule has 1 N–H and O–H groups in total. The topological polar surface area (TPSA) is 46.2 Å². The molecular weight excluding hydrogens is 246 g/mol. The van der Waals surface area contributed by atoms with Crippen LogP contribution >= 0.6 is 0 Å². The van der Waals surface area contributed by atoms with E-state index in [1.807, 2.05) is 0 Å². The van der Waals surface area contributed by atoms with Gasteiger partial charge in [0, 0.05) is 6.04 Å². The van der Waals surface area contributed by atoms with Crippen LogP contribution in [0.1, 0.15) is 51.9 Å². The van der Waals surface area contributed by atoms with Crippen molar-refractivity contribution in [2.24, 2.45) is 11.8 Å². The first-order valence-electron chi connectivity index (χ1n) is 7.54. The second-order valence-corrected chi connectivity index (χ2v) is 8.33. The summed E-state index contributed by atoms with van der Waals surface area (Å²) in [6.07, 6.45) is 8.49. The van der Waals surface area contributed by atoms with Crippen LogP contribution in [-0.4, -0.2) is 32.5 Å². The molecule has 2 atom stereocenters. The van der Waals surface area contributed by atoms with E-state index >= 15 is 0 Å². The number of nitrogens with one attached hydrogen (secondary N) is 1. The molecule has 1 aliphatic heterocycles. The van der Waals surface area contributed by atoms with Gasteiger partial charge in [-0.05, 0) is 44.1 Å². The number of unbranched alkanes of at least 4 members (excludes halogenated alkanes) is 2. The van der Waals surface area contributed by atoms with Gasteiger partial charge in [0.05, 0.1) is 11.5 Å². The largest absolute Gasteiger partial charge is 0.314 e. The summed E-state index contributed by atoms with van der Waals surface area (Å²) >= 11 is 0. The van der Waals surface area contributed by atoms with Crippen LogP contribution in [0.3, 0.4) is 0 Å². The average Bonchev–Trinajstić information content (AvgIpc) is 3.07. The summed E-state index contributed by atoms with van der Waals surface area (Å²) in [6.45, 7) is 3.26. The van der Waals surface area contributed by atoms with E-state index in [2.05, 4.69) is 12.2 Å². The Morgan fingerprint density at radius 2 is 2.00 bits per heavy atom. The van der Waals surface area contributed by atoms with E-state index < -0.39 is 9.84 Å². The highest BCUT2D eigenvalue weighted by molar-refractivity contribution is 7.91. The van der Waals surface area contributed by atoms with Gasteiger partial charge in [0.15, 0.2) is 9.84 Å². The fourth-order valence-corrected chi connectivity index (χ4v) is 4.88. The molecule has 18 heavy (non-hydrogen) atoms. The monoisotopic (exact) mass is 273 g/mol. The van der Waals surface area contributed by atoms with Crippen LogP contribution in [0.2, 0.25) is 0 Å². The molecule has 106 valence electrons. The van der Waals surface area contributed by atoms with Gasteiger partial charge in [-0.1, -0.05) is 26.2 Å². The first kappa shape index (κ1) is 14.3. The third-order valence-corrected chi connectivity index (χ3v) is 6.15. The van der Waals surface area contributed by atoms with Crippen LogP contribution < -0.4 is 5.32 Å². The Morgan fingerprint density at radius 1 is 1.22 bits per heavy atom. The van der Waals surface area contributed by atoms with Crippen molar-refractivity contribution >= 4 is 9.84 Å². The molecule has 1 heterocycles. The Bertz CT molecular complexity index is 349. The number of hydrogen-bond acceptors (Lipinski definition) is 3. The quantitative estimate of drug-likeness (QED) is 0.691. The maximum atomic E-state index is 11.6. The summed E-state index contributed by atoms with van der Waals surface area (Å²) in [4.78, 5) is 0. The molecule has 3 nitrogen and oxygen atoms in total. The van der Waals surface area contributed by atoms with E-state index in [4.69, 9.17) is 0 Å². The Balaban J connectivity index is 1.81. The standard InChI is InChI=1S/C14H27NO2S/c1-2-3-4-5-12(10-15-14-6-7-14)13-8-9-18(16,17)11-13/h12-15H,2-11H2,1H3. The van der Waals surface area contributed by atoms with Gasteiger partial charge in [-0.2, -0.15) is 0 Å². The highest BCUT2D eigenvalue weighted by Crippen LogP contribution is 2.30. The maximum absolute atomic E-state index is 11.6. The lowest BCUT2D eigenvalue weighted by Crippen LogP contribution is -2.30. The van der Waals surface area contributed by atoms with E-state index in [0.29, 0.717) is 23.3 Å². The minimum absolute atomic E-state index is 0.415. The van der Waals surface area contributed by atoms with Gasteiger partial charge in [-0.3, -0.25) is 0 Å². The predicted molar refractivity (Wildman–Crippen MR) is 75.4 cm³/mol. The maximum Gasteiger partial charge on any atom is 0.150 e. The second kappa shape index (κ2) is 6.38. The third-order valence-electron chi connectivity index (χ3n) is 4.36. The molecule has 2 aliphatic rings. The van der Waals surface area contributed by atoms with E-state index in [1.165, 1.54) is 38.5 Å². The molecule has 2 fully saturated rings. The fraction of sp³-hybridized carbons (Fsp3) is 1.00. The fourth-order valence-electron chi connectivity index (χ4n) is 2.96. The Hall–Kier alpha value is -0.0900. The first-order chi connectivity index (χ1) is 8.61. The van der Waals surface area contributed by atoms with Crippen LogP contribution in [0.15, 0.2) is 0 Å². The van der Waals surface area contributed by atoms with E-state index in [9.17, 15) is 8.42 Å². The van der Waals surface area contributed by atoms with Gasteiger partial charge in [0.2, 0.25) is 0 Å². The summed E-state index contributed by atoms with van der Waals surface area (Å²) in [5.74, 6) is 1.86. The highest BCUT2D eigenvalue weighted by Gasteiger charge is 2.34. The molecule has 1 aliphatic carbocycles. The van der Waals surface area contributed by atoms with Crippen molar-refractivity contribution in [1.82, 2.24) is 5.32 Å². The van der Waals surface area contributed by atoms with Gasteiger partial charge in [0.25, 0.3) is 0 Å². The van der Waals surface area contributed by atoms with Gasteiger partial charge in [-0.15, -0.1) is 0 Å². The van der Waals surface area contributed by atoms with Gasteiger partial charge in [-0.25, -0.2) is 8.42 Å². The van der Waals surface area contributed by atoms with Crippen LogP contribution in [-0.2, 0) is 9.84 Å². The molecule has 0 amide bonds. The molecule has 0 bridgehead atoms. The predicted octanol–water partition coefficient (Wildman–Crippen LogP) is 2.37. The molecule has 1 saturated heterocycles. The molecule has 2 rings (SSSR count). The van der Waals surface area contributed by atoms with Crippen LogP contribution in [0.4, 0.5) is 0 Å². The van der Waals surface area contributed by atoms with Crippen molar-refractivity contribution in [2.45, 2.75) is 57.9 Å². The number of hydrogen-bond donors (Lipinski definition) is 1. The zero-order chi connectivity index (χ0) is 13.0. The third kappa shape index (κ3) is 4.54. The van der Waals surface area contributed by atoms with E-state index in [-0.39, 0.29) is 0 Å². The number of rotatable bonds is 8. The van der Waals surface area contributed by atoms with Gasteiger partial charge < -0.3 is 5.32 Å². The molecule has 2 unspecified atom stereocenters. The first-order valence-corrected chi connectivity index (χ1v) is 9.36. The minimum Gasteiger partial charge on any atom is -0.314 e. The zero-order valence-corrected chi connectivity index (χ0v) is 12.3. The highest BCUT2D eigenvalue weighted by atomic mass is 32.2. The lowest BCUT2D eigenvalue weighted by molar-refractivity contribution is 0.314. The zero-order valence-electron chi connectivity index (χ0n) is 11.5. The van der Waals surface area contributed by atoms with Crippen LogP contribution in [0.5, 0.6) is 0 Å². The van der Waals surface area contributed by atoms with Crippen molar-refractivity contribution in [3.05, 3.63) is 0 Å². The van der Waals surface area contributed by atoms with Crippen molar-refractivity contribution in [1.29, 1.82) is 0 Å². The van der Waals surface area contributed by atoms with Crippen molar-refractivity contribution in [2.75, 3.05) is 18.1 Å². The summed E-state index contributed by atoms with van der Waals surface area (Å²) < 4.78 is 23.2. The SMILES string of the molecule is CCCCCC(CNC1CC1)C1CCS(=O)(=O)C1. The smallest absolute Gasteiger partial charge is 0.150 e. The van der Waals surface area contributed by atoms with E-state index in [0.717, 1.165) is 19.0 Å². The molecule has 0 aromatic heterocycles. The van der Waals surface area contributed by atoms with Crippen LogP contribution in [0.25, 0.3) is 0 Å². The summed E-state index contributed by atoms with van der Waals surface area (Å²) in [7, 11) is -2.72. The lowest BCUT2D eigenvalue weighted by atomic mass is 9.87. The second-order valence-electron chi connectivity index (χ2n) is 6.10. The number of sulfone groups is 1. The van der Waals surface area contributed by atoms with E-state index in [1.54, 1.807) is 0 Å². The summed E-state index contributed by atoms with van der Waals surface area (Å²) in [5.41, 5.74) is 0.